The third kappa shape index (κ3) is 4.33. The van der Waals surface area contributed by atoms with E-state index in [9.17, 15) is 9.18 Å². The molecular formula is C25H26FN3O2S. The SMILES string of the molecule is O=C(Nc1nc2c(s1)CN(Cc1ccccc1)CC2)C1(c2cccc(F)c2)CCOCC1. The zero-order chi connectivity index (χ0) is 22.0. The van der Waals surface area contributed by atoms with Crippen LogP contribution in [-0.2, 0) is 34.5 Å². The lowest BCUT2D eigenvalue weighted by Crippen LogP contribution is -2.44. The van der Waals surface area contributed by atoms with Gasteiger partial charge >= 0.3 is 0 Å². The van der Waals surface area contributed by atoms with Crippen LogP contribution in [0.5, 0.6) is 0 Å². The Labute approximate surface area is 191 Å². The van der Waals surface area contributed by atoms with E-state index in [1.807, 2.05) is 12.1 Å². The van der Waals surface area contributed by atoms with E-state index in [1.54, 1.807) is 17.4 Å². The first kappa shape index (κ1) is 21.2. The number of halogens is 1. The van der Waals surface area contributed by atoms with Gasteiger partial charge in [0, 0.05) is 44.1 Å². The van der Waals surface area contributed by atoms with Gasteiger partial charge in [0.1, 0.15) is 5.82 Å². The van der Waals surface area contributed by atoms with Crippen molar-refractivity contribution in [3.05, 3.63) is 82.1 Å². The molecule has 0 atom stereocenters. The summed E-state index contributed by atoms with van der Waals surface area (Å²) >= 11 is 1.55. The second kappa shape index (κ2) is 9.10. The highest BCUT2D eigenvalue weighted by Gasteiger charge is 2.42. The van der Waals surface area contributed by atoms with Gasteiger partial charge in [-0.05, 0) is 36.1 Å². The summed E-state index contributed by atoms with van der Waals surface area (Å²) in [4.78, 5) is 21.8. The summed E-state index contributed by atoms with van der Waals surface area (Å²) in [5, 5.41) is 3.69. The van der Waals surface area contributed by atoms with Crippen LogP contribution < -0.4 is 5.32 Å². The van der Waals surface area contributed by atoms with E-state index in [0.717, 1.165) is 31.7 Å². The number of amides is 1. The van der Waals surface area contributed by atoms with E-state index in [1.165, 1.54) is 22.6 Å². The zero-order valence-corrected chi connectivity index (χ0v) is 18.7. The van der Waals surface area contributed by atoms with Crippen LogP contribution in [0.1, 0.15) is 34.5 Å². The van der Waals surface area contributed by atoms with Crippen molar-refractivity contribution >= 4 is 22.4 Å². The van der Waals surface area contributed by atoms with Gasteiger partial charge in [-0.15, -0.1) is 11.3 Å². The summed E-state index contributed by atoms with van der Waals surface area (Å²) in [6.45, 7) is 3.65. The van der Waals surface area contributed by atoms with Gasteiger partial charge in [-0.2, -0.15) is 0 Å². The minimum Gasteiger partial charge on any atom is -0.381 e. The Morgan fingerprint density at radius 1 is 1.16 bits per heavy atom. The van der Waals surface area contributed by atoms with Crippen LogP contribution in [0, 0.1) is 5.82 Å². The van der Waals surface area contributed by atoms with E-state index >= 15 is 0 Å². The predicted octanol–water partition coefficient (Wildman–Crippen LogP) is 4.53. The van der Waals surface area contributed by atoms with Crippen molar-refractivity contribution in [3.8, 4) is 0 Å². The molecule has 0 aliphatic carbocycles. The van der Waals surface area contributed by atoms with Gasteiger partial charge in [0.15, 0.2) is 5.13 Å². The fraction of sp³-hybridized carbons (Fsp3) is 0.360. The Bertz CT molecular complexity index is 1100. The summed E-state index contributed by atoms with van der Waals surface area (Å²) in [6, 6.07) is 16.8. The number of rotatable bonds is 5. The molecule has 1 amide bonds. The van der Waals surface area contributed by atoms with Crippen molar-refractivity contribution in [1.82, 2.24) is 9.88 Å². The largest absolute Gasteiger partial charge is 0.381 e. The number of aromatic nitrogens is 1. The van der Waals surface area contributed by atoms with Crippen LogP contribution in [-0.4, -0.2) is 35.5 Å². The molecule has 32 heavy (non-hydrogen) atoms. The van der Waals surface area contributed by atoms with Crippen LogP contribution >= 0.6 is 11.3 Å². The molecular weight excluding hydrogens is 425 g/mol. The van der Waals surface area contributed by atoms with E-state index in [2.05, 4.69) is 34.5 Å². The lowest BCUT2D eigenvalue weighted by atomic mass is 9.73. The molecule has 166 valence electrons. The number of hydrogen-bond acceptors (Lipinski definition) is 5. The topological polar surface area (TPSA) is 54.5 Å². The number of thiazole rings is 1. The van der Waals surface area contributed by atoms with Gasteiger partial charge in [-0.25, -0.2) is 9.37 Å². The second-order valence-electron chi connectivity index (χ2n) is 8.49. The van der Waals surface area contributed by atoms with Crippen molar-refractivity contribution in [2.45, 2.75) is 37.8 Å². The van der Waals surface area contributed by atoms with Crippen LogP contribution in [0.25, 0.3) is 0 Å². The highest BCUT2D eigenvalue weighted by molar-refractivity contribution is 7.15. The number of nitrogens with one attached hydrogen (secondary N) is 1. The average molecular weight is 452 g/mol. The highest BCUT2D eigenvalue weighted by atomic mass is 32.1. The van der Waals surface area contributed by atoms with Crippen LogP contribution in [0.15, 0.2) is 54.6 Å². The first-order valence-electron chi connectivity index (χ1n) is 11.0. The number of carbonyl (C=O) groups is 1. The molecule has 1 saturated heterocycles. The van der Waals surface area contributed by atoms with Crippen LogP contribution in [0.3, 0.4) is 0 Å². The number of fused-ring (bicyclic) bond motifs is 1. The molecule has 2 aliphatic rings. The summed E-state index contributed by atoms with van der Waals surface area (Å²) in [5.74, 6) is -0.456. The lowest BCUT2D eigenvalue weighted by molar-refractivity contribution is -0.125. The zero-order valence-electron chi connectivity index (χ0n) is 17.9. The number of carbonyl (C=O) groups excluding carboxylic acids is 1. The molecule has 0 radical (unpaired) electrons. The summed E-state index contributed by atoms with van der Waals surface area (Å²) in [5.41, 5.74) is 2.27. The molecule has 3 heterocycles. The van der Waals surface area contributed by atoms with Gasteiger partial charge in [-0.1, -0.05) is 42.5 Å². The van der Waals surface area contributed by atoms with Crippen molar-refractivity contribution in [1.29, 1.82) is 0 Å². The van der Waals surface area contributed by atoms with Gasteiger partial charge in [0.2, 0.25) is 5.91 Å². The molecule has 1 fully saturated rings. The molecule has 7 heteroatoms. The fourth-order valence-electron chi connectivity index (χ4n) is 4.65. The first-order valence-corrected chi connectivity index (χ1v) is 11.8. The second-order valence-corrected chi connectivity index (χ2v) is 9.58. The highest BCUT2D eigenvalue weighted by Crippen LogP contribution is 2.37. The van der Waals surface area contributed by atoms with Crippen molar-refractivity contribution in [2.75, 3.05) is 25.1 Å². The molecule has 5 nitrogen and oxygen atoms in total. The molecule has 0 saturated carbocycles. The smallest absolute Gasteiger partial charge is 0.236 e. The van der Waals surface area contributed by atoms with Crippen molar-refractivity contribution in [2.24, 2.45) is 0 Å². The van der Waals surface area contributed by atoms with Crippen molar-refractivity contribution in [3.63, 3.8) is 0 Å². The minimum atomic E-state index is -0.800. The standard InChI is InChI=1S/C25H26FN3O2S/c26-20-8-4-7-19(15-20)25(10-13-31-14-11-25)23(30)28-24-27-21-9-12-29(17-22(21)32-24)16-18-5-2-1-3-6-18/h1-8,15H,9-14,16-17H2,(H,27,28,30). The van der Waals surface area contributed by atoms with Crippen molar-refractivity contribution < 1.29 is 13.9 Å². The number of anilines is 1. The molecule has 1 N–H and O–H groups in total. The number of nitrogens with zero attached hydrogens (tertiary/aromatic N) is 2. The fourth-order valence-corrected chi connectivity index (χ4v) is 5.69. The Balaban J connectivity index is 1.32. The Hall–Kier alpha value is -2.61. The quantitative estimate of drug-likeness (QED) is 0.619. The predicted molar refractivity (Wildman–Crippen MR) is 123 cm³/mol. The summed E-state index contributed by atoms with van der Waals surface area (Å²) < 4.78 is 19.5. The Kier molecular flexibility index (Phi) is 6.04. The molecule has 5 rings (SSSR count). The normalized spacial score (nSPS) is 18.2. The molecule has 0 unspecified atom stereocenters. The maximum Gasteiger partial charge on any atom is 0.236 e. The first-order chi connectivity index (χ1) is 15.6. The number of hydrogen-bond donors (Lipinski definition) is 1. The van der Waals surface area contributed by atoms with Gasteiger partial charge in [0.25, 0.3) is 0 Å². The molecule has 0 spiro atoms. The monoisotopic (exact) mass is 451 g/mol. The molecule has 2 aromatic carbocycles. The van der Waals surface area contributed by atoms with Gasteiger partial charge in [-0.3, -0.25) is 9.69 Å². The number of benzene rings is 2. The van der Waals surface area contributed by atoms with Crippen LogP contribution in [0.2, 0.25) is 0 Å². The van der Waals surface area contributed by atoms with E-state index < -0.39 is 5.41 Å². The Morgan fingerprint density at radius 2 is 1.97 bits per heavy atom. The summed E-state index contributed by atoms with van der Waals surface area (Å²) in [6.07, 6.45) is 1.92. The van der Waals surface area contributed by atoms with Gasteiger partial charge < -0.3 is 10.1 Å². The summed E-state index contributed by atoms with van der Waals surface area (Å²) in [7, 11) is 0. The van der Waals surface area contributed by atoms with E-state index in [0.29, 0.717) is 36.8 Å². The average Bonchev–Trinajstić information content (AvgIpc) is 3.21. The molecule has 0 bridgehead atoms. The van der Waals surface area contributed by atoms with Gasteiger partial charge in [0.05, 0.1) is 11.1 Å². The molecule has 3 aromatic rings. The molecule has 2 aliphatic heterocycles. The lowest BCUT2D eigenvalue weighted by Gasteiger charge is -2.36. The van der Waals surface area contributed by atoms with E-state index in [-0.39, 0.29) is 11.7 Å². The third-order valence-electron chi connectivity index (χ3n) is 6.44. The molecule has 1 aromatic heterocycles. The minimum absolute atomic E-state index is 0.126. The Morgan fingerprint density at radius 3 is 2.75 bits per heavy atom. The maximum atomic E-state index is 14.0. The number of ether oxygens (including phenoxy) is 1. The van der Waals surface area contributed by atoms with E-state index in [4.69, 9.17) is 9.72 Å². The third-order valence-corrected chi connectivity index (χ3v) is 7.44. The van der Waals surface area contributed by atoms with Crippen LogP contribution in [0.4, 0.5) is 9.52 Å². The maximum absolute atomic E-state index is 14.0.